The number of hydrogen-bond donors (Lipinski definition) is 0. The summed E-state index contributed by atoms with van der Waals surface area (Å²) in [6, 6.07) is 16.6. The normalized spacial score (nSPS) is 11.0. The highest BCUT2D eigenvalue weighted by molar-refractivity contribution is 7.99. The Morgan fingerprint density at radius 2 is 1.09 bits per heavy atom. The monoisotopic (exact) mass is 482 g/mol. The van der Waals surface area contributed by atoms with Crippen LogP contribution in [0.3, 0.4) is 0 Å². The fourth-order valence-corrected chi connectivity index (χ4v) is 5.01. The molecule has 0 saturated carbocycles. The zero-order valence-electron chi connectivity index (χ0n) is 21.7. The van der Waals surface area contributed by atoms with Crippen LogP contribution >= 0.6 is 11.8 Å². The highest BCUT2D eigenvalue weighted by atomic mass is 32.2. The summed E-state index contributed by atoms with van der Waals surface area (Å²) in [6.45, 7) is 5.02. The minimum absolute atomic E-state index is 0.215. The van der Waals surface area contributed by atoms with Crippen LogP contribution in [-0.2, 0) is 4.74 Å². The molecule has 34 heavy (non-hydrogen) atoms. The van der Waals surface area contributed by atoms with Crippen molar-refractivity contribution in [2.24, 2.45) is 0 Å². The van der Waals surface area contributed by atoms with Gasteiger partial charge in [-0.1, -0.05) is 115 Å². The second-order valence-electron chi connectivity index (χ2n) is 9.33. The predicted molar refractivity (Wildman–Crippen MR) is 149 cm³/mol. The van der Waals surface area contributed by atoms with Crippen LogP contribution in [0.25, 0.3) is 11.1 Å². The molecule has 2 nitrogen and oxygen atoms in total. The van der Waals surface area contributed by atoms with Gasteiger partial charge in [-0.3, -0.25) is 0 Å². The van der Waals surface area contributed by atoms with Crippen molar-refractivity contribution in [1.82, 2.24) is 0 Å². The molecule has 0 atom stereocenters. The SMILES string of the molecule is CCCCCCCCCCSc1ccc(-c2ccc(C(=O)OCCCCCCCC)cc2)cc1. The van der Waals surface area contributed by atoms with Gasteiger partial charge in [-0.15, -0.1) is 11.8 Å². The molecule has 0 spiro atoms. The fraction of sp³-hybridized carbons (Fsp3) is 0.581. The summed E-state index contributed by atoms with van der Waals surface area (Å²) in [7, 11) is 0. The summed E-state index contributed by atoms with van der Waals surface area (Å²) >= 11 is 1.96. The van der Waals surface area contributed by atoms with Gasteiger partial charge in [-0.2, -0.15) is 0 Å². The van der Waals surface area contributed by atoms with Crippen LogP contribution in [0.5, 0.6) is 0 Å². The Balaban J connectivity index is 1.65. The topological polar surface area (TPSA) is 26.3 Å². The maximum absolute atomic E-state index is 12.3. The third-order valence-corrected chi connectivity index (χ3v) is 7.40. The van der Waals surface area contributed by atoms with Crippen molar-refractivity contribution in [3.8, 4) is 11.1 Å². The van der Waals surface area contributed by atoms with Crippen molar-refractivity contribution in [1.29, 1.82) is 0 Å². The first-order chi connectivity index (χ1) is 16.7. The third-order valence-electron chi connectivity index (χ3n) is 6.31. The number of carbonyl (C=O) groups is 1. The first-order valence-corrected chi connectivity index (χ1v) is 14.7. The van der Waals surface area contributed by atoms with Crippen molar-refractivity contribution in [2.75, 3.05) is 12.4 Å². The number of carbonyl (C=O) groups excluding carboxylic acids is 1. The average Bonchev–Trinajstić information content (AvgIpc) is 2.87. The molecule has 0 N–H and O–H groups in total. The van der Waals surface area contributed by atoms with E-state index in [0.29, 0.717) is 12.2 Å². The van der Waals surface area contributed by atoms with Gasteiger partial charge in [-0.25, -0.2) is 4.79 Å². The maximum atomic E-state index is 12.3. The lowest BCUT2D eigenvalue weighted by atomic mass is 10.0. The molecular formula is C31H46O2S. The van der Waals surface area contributed by atoms with Gasteiger partial charge in [-0.05, 0) is 54.0 Å². The molecule has 2 rings (SSSR count). The number of hydrogen-bond acceptors (Lipinski definition) is 3. The lowest BCUT2D eigenvalue weighted by Gasteiger charge is -2.07. The van der Waals surface area contributed by atoms with E-state index < -0.39 is 0 Å². The van der Waals surface area contributed by atoms with Crippen LogP contribution in [0.1, 0.15) is 114 Å². The zero-order chi connectivity index (χ0) is 24.3. The molecular weight excluding hydrogens is 436 g/mol. The number of unbranched alkanes of at least 4 members (excludes halogenated alkanes) is 12. The highest BCUT2D eigenvalue weighted by Gasteiger charge is 2.07. The summed E-state index contributed by atoms with van der Waals surface area (Å²) in [5, 5.41) is 0. The van der Waals surface area contributed by atoms with Gasteiger partial charge in [0.25, 0.3) is 0 Å². The van der Waals surface area contributed by atoms with E-state index in [2.05, 4.69) is 38.1 Å². The smallest absolute Gasteiger partial charge is 0.338 e. The van der Waals surface area contributed by atoms with E-state index in [1.165, 1.54) is 93.3 Å². The van der Waals surface area contributed by atoms with Crippen LogP contribution in [0.4, 0.5) is 0 Å². The highest BCUT2D eigenvalue weighted by Crippen LogP contribution is 2.25. The van der Waals surface area contributed by atoms with E-state index in [1.54, 1.807) is 0 Å². The Hall–Kier alpha value is -1.74. The van der Waals surface area contributed by atoms with Crippen LogP contribution < -0.4 is 0 Å². The summed E-state index contributed by atoms with van der Waals surface area (Å²) in [6.07, 6.45) is 18.1. The van der Waals surface area contributed by atoms with Gasteiger partial charge >= 0.3 is 5.97 Å². The fourth-order valence-electron chi connectivity index (χ4n) is 4.10. The summed E-state index contributed by atoms with van der Waals surface area (Å²) in [4.78, 5) is 13.6. The molecule has 3 heteroatoms. The minimum Gasteiger partial charge on any atom is -0.462 e. The van der Waals surface area contributed by atoms with E-state index in [4.69, 9.17) is 4.74 Å². The molecule has 188 valence electrons. The number of ether oxygens (including phenoxy) is 1. The van der Waals surface area contributed by atoms with Crippen molar-refractivity contribution >= 4 is 17.7 Å². The van der Waals surface area contributed by atoms with E-state index >= 15 is 0 Å². The van der Waals surface area contributed by atoms with E-state index in [0.717, 1.165) is 18.4 Å². The summed E-state index contributed by atoms with van der Waals surface area (Å²) < 4.78 is 5.44. The van der Waals surface area contributed by atoms with Gasteiger partial charge in [0.2, 0.25) is 0 Å². The molecule has 0 radical (unpaired) electrons. The van der Waals surface area contributed by atoms with Crippen LogP contribution in [-0.4, -0.2) is 18.3 Å². The second kappa shape index (κ2) is 18.6. The molecule has 0 aliphatic carbocycles. The van der Waals surface area contributed by atoms with Crippen molar-refractivity contribution in [3.63, 3.8) is 0 Å². The minimum atomic E-state index is -0.215. The molecule has 0 saturated heterocycles. The molecule has 2 aromatic carbocycles. The molecule has 0 amide bonds. The Kier molecular flexibility index (Phi) is 15.6. The van der Waals surface area contributed by atoms with Gasteiger partial charge in [0.15, 0.2) is 0 Å². The number of benzene rings is 2. The average molecular weight is 483 g/mol. The molecule has 0 aliphatic rings. The largest absolute Gasteiger partial charge is 0.462 e. The molecule has 2 aromatic rings. The number of rotatable bonds is 19. The zero-order valence-corrected chi connectivity index (χ0v) is 22.5. The molecule has 0 fully saturated rings. The molecule has 0 heterocycles. The maximum Gasteiger partial charge on any atom is 0.338 e. The Morgan fingerprint density at radius 1 is 0.618 bits per heavy atom. The second-order valence-corrected chi connectivity index (χ2v) is 10.5. The van der Waals surface area contributed by atoms with Gasteiger partial charge < -0.3 is 4.74 Å². The quantitative estimate of drug-likeness (QED) is 0.113. The molecule has 0 aromatic heterocycles. The Labute approximate surface area is 213 Å². The first-order valence-electron chi connectivity index (χ1n) is 13.7. The summed E-state index contributed by atoms with van der Waals surface area (Å²) in [5.41, 5.74) is 2.95. The first kappa shape index (κ1) is 28.5. The Morgan fingerprint density at radius 3 is 1.65 bits per heavy atom. The molecule has 0 bridgehead atoms. The van der Waals surface area contributed by atoms with Crippen LogP contribution in [0.15, 0.2) is 53.4 Å². The molecule has 0 aliphatic heterocycles. The van der Waals surface area contributed by atoms with Crippen LogP contribution in [0, 0.1) is 0 Å². The standard InChI is InChI=1S/C31H46O2S/c1-3-5-7-9-11-12-14-16-26-34-30-23-21-28(22-24-30)27-17-19-29(20-18-27)31(32)33-25-15-13-10-8-6-4-2/h17-24H,3-16,25-26H2,1-2H3. The Bertz CT molecular complexity index is 767. The van der Waals surface area contributed by atoms with Crippen molar-refractivity contribution in [3.05, 3.63) is 54.1 Å². The van der Waals surface area contributed by atoms with Crippen molar-refractivity contribution in [2.45, 2.75) is 109 Å². The van der Waals surface area contributed by atoms with Gasteiger partial charge in [0.05, 0.1) is 12.2 Å². The number of esters is 1. The van der Waals surface area contributed by atoms with Crippen LogP contribution in [0.2, 0.25) is 0 Å². The predicted octanol–water partition coefficient (Wildman–Crippen LogP) is 10.1. The van der Waals surface area contributed by atoms with E-state index in [-0.39, 0.29) is 5.97 Å². The van der Waals surface area contributed by atoms with E-state index in [1.807, 2.05) is 36.0 Å². The van der Waals surface area contributed by atoms with Gasteiger partial charge in [0, 0.05) is 4.90 Å². The lowest BCUT2D eigenvalue weighted by molar-refractivity contribution is 0.0497. The number of thioether (sulfide) groups is 1. The van der Waals surface area contributed by atoms with E-state index in [9.17, 15) is 4.79 Å². The van der Waals surface area contributed by atoms with Crippen molar-refractivity contribution < 1.29 is 9.53 Å². The molecule has 0 unspecified atom stereocenters. The third kappa shape index (κ3) is 12.1. The lowest BCUT2D eigenvalue weighted by Crippen LogP contribution is -2.06. The van der Waals surface area contributed by atoms with Gasteiger partial charge in [0.1, 0.15) is 0 Å². The summed E-state index contributed by atoms with van der Waals surface area (Å²) in [5.74, 6) is 0.983.